The summed E-state index contributed by atoms with van der Waals surface area (Å²) in [6, 6.07) is 17.8. The number of carbonyl (C=O) groups excluding carboxylic acids is 2. The number of aryl methyl sites for hydroxylation is 1. The van der Waals surface area contributed by atoms with Crippen molar-refractivity contribution in [2.45, 2.75) is 26.2 Å². The molecular formula is C26H26FNO2. The van der Waals surface area contributed by atoms with Crippen LogP contribution in [0.25, 0.3) is 10.8 Å². The van der Waals surface area contributed by atoms with Crippen molar-refractivity contribution >= 4 is 22.3 Å². The average molecular weight is 403 g/mol. The quantitative estimate of drug-likeness (QED) is 0.513. The molecule has 1 fully saturated rings. The highest BCUT2D eigenvalue weighted by Crippen LogP contribution is 2.28. The molecule has 1 saturated heterocycles. The molecule has 3 aromatic carbocycles. The highest BCUT2D eigenvalue weighted by Gasteiger charge is 2.27. The Bertz CT molecular complexity index is 1060. The number of carbonyl (C=O) groups is 2. The fourth-order valence-corrected chi connectivity index (χ4v) is 4.41. The molecule has 0 N–H and O–H groups in total. The van der Waals surface area contributed by atoms with E-state index in [4.69, 9.17) is 0 Å². The minimum absolute atomic E-state index is 0.0271. The molecule has 0 atom stereocenters. The van der Waals surface area contributed by atoms with Crippen molar-refractivity contribution in [2.75, 3.05) is 19.6 Å². The molecule has 0 aliphatic carbocycles. The third-order valence-corrected chi connectivity index (χ3v) is 6.16. The topological polar surface area (TPSA) is 37.4 Å². The van der Waals surface area contributed by atoms with Gasteiger partial charge in [0.25, 0.3) is 0 Å². The number of ketones is 2. The maximum atomic E-state index is 13.2. The molecule has 154 valence electrons. The Morgan fingerprint density at radius 3 is 2.33 bits per heavy atom. The molecule has 0 saturated carbocycles. The normalized spacial score (nSPS) is 15.4. The number of halogens is 1. The molecule has 0 unspecified atom stereocenters. The van der Waals surface area contributed by atoms with Gasteiger partial charge >= 0.3 is 0 Å². The first-order valence-corrected chi connectivity index (χ1v) is 10.6. The predicted octanol–water partition coefficient (Wildman–Crippen LogP) is 5.46. The van der Waals surface area contributed by atoms with Crippen LogP contribution in [0.4, 0.5) is 4.39 Å². The number of fused-ring (bicyclic) bond motifs is 1. The lowest BCUT2D eigenvalue weighted by molar-refractivity contribution is 0.0823. The lowest BCUT2D eigenvalue weighted by Gasteiger charge is -2.31. The molecule has 4 heteroatoms. The Balaban J connectivity index is 1.35. The van der Waals surface area contributed by atoms with Gasteiger partial charge in [0.05, 0.1) is 0 Å². The first-order valence-electron chi connectivity index (χ1n) is 10.6. The van der Waals surface area contributed by atoms with Gasteiger partial charge in [0, 0.05) is 30.0 Å². The highest BCUT2D eigenvalue weighted by molar-refractivity contribution is 6.10. The van der Waals surface area contributed by atoms with Crippen molar-refractivity contribution in [1.82, 2.24) is 4.90 Å². The van der Waals surface area contributed by atoms with E-state index in [0.717, 1.165) is 47.8 Å². The standard InChI is InChI=1S/C26H26FNO2/c1-18-4-2-5-20-6-3-7-23(25(18)20)26(30)21-12-15-28(16-13-21)17-14-24(29)19-8-10-22(27)11-9-19/h2-11,21H,12-17H2,1H3. The number of hydrogen-bond acceptors (Lipinski definition) is 3. The summed E-state index contributed by atoms with van der Waals surface area (Å²) in [5.74, 6) is -0.0460. The second-order valence-electron chi connectivity index (χ2n) is 8.14. The minimum Gasteiger partial charge on any atom is -0.303 e. The van der Waals surface area contributed by atoms with E-state index in [1.54, 1.807) is 0 Å². The van der Waals surface area contributed by atoms with Crippen molar-refractivity contribution < 1.29 is 14.0 Å². The first kappa shape index (κ1) is 20.4. The van der Waals surface area contributed by atoms with Gasteiger partial charge in [0.1, 0.15) is 5.82 Å². The van der Waals surface area contributed by atoms with Crippen LogP contribution in [0.1, 0.15) is 45.5 Å². The van der Waals surface area contributed by atoms with Crippen molar-refractivity contribution in [1.29, 1.82) is 0 Å². The third kappa shape index (κ3) is 4.34. The maximum absolute atomic E-state index is 13.2. The van der Waals surface area contributed by atoms with Crippen LogP contribution in [0.15, 0.2) is 60.7 Å². The molecule has 0 spiro atoms. The van der Waals surface area contributed by atoms with Gasteiger partial charge in [-0.2, -0.15) is 0 Å². The molecule has 0 amide bonds. The summed E-state index contributed by atoms with van der Waals surface area (Å²) in [4.78, 5) is 27.8. The molecule has 0 radical (unpaired) electrons. The van der Waals surface area contributed by atoms with Crippen LogP contribution < -0.4 is 0 Å². The number of piperidine rings is 1. The predicted molar refractivity (Wildman–Crippen MR) is 118 cm³/mol. The SMILES string of the molecule is Cc1cccc2cccc(C(=O)C3CCN(CCC(=O)c4ccc(F)cc4)CC3)c12. The number of hydrogen-bond donors (Lipinski definition) is 0. The Kier molecular flexibility index (Phi) is 6.05. The van der Waals surface area contributed by atoms with E-state index in [1.165, 1.54) is 24.3 Å². The van der Waals surface area contributed by atoms with Crippen molar-refractivity contribution in [3.8, 4) is 0 Å². The molecular weight excluding hydrogens is 377 g/mol. The van der Waals surface area contributed by atoms with Gasteiger partial charge in [0.15, 0.2) is 11.6 Å². The Morgan fingerprint density at radius 1 is 0.967 bits per heavy atom. The van der Waals surface area contributed by atoms with Crippen LogP contribution in [0.3, 0.4) is 0 Å². The summed E-state index contributed by atoms with van der Waals surface area (Å²) in [6.07, 6.45) is 2.03. The zero-order chi connectivity index (χ0) is 21.1. The van der Waals surface area contributed by atoms with Crippen molar-refractivity contribution in [2.24, 2.45) is 5.92 Å². The second-order valence-corrected chi connectivity index (χ2v) is 8.14. The Morgan fingerprint density at radius 2 is 1.63 bits per heavy atom. The fourth-order valence-electron chi connectivity index (χ4n) is 4.41. The molecule has 0 bridgehead atoms. The lowest BCUT2D eigenvalue weighted by atomic mass is 9.86. The van der Waals surface area contributed by atoms with E-state index in [2.05, 4.69) is 30.0 Å². The van der Waals surface area contributed by atoms with Crippen LogP contribution in [-0.2, 0) is 0 Å². The second kappa shape index (κ2) is 8.88. The molecule has 30 heavy (non-hydrogen) atoms. The molecule has 1 heterocycles. The molecule has 1 aliphatic heterocycles. The zero-order valence-corrected chi connectivity index (χ0v) is 17.2. The summed E-state index contributed by atoms with van der Waals surface area (Å²) < 4.78 is 13.0. The Hall–Kier alpha value is -2.85. The fraction of sp³-hybridized carbons (Fsp3) is 0.308. The molecule has 4 rings (SSSR count). The summed E-state index contributed by atoms with van der Waals surface area (Å²) >= 11 is 0. The molecule has 3 nitrogen and oxygen atoms in total. The number of likely N-dealkylation sites (tertiary alicyclic amines) is 1. The van der Waals surface area contributed by atoms with Gasteiger partial charge in [-0.15, -0.1) is 0 Å². The number of rotatable bonds is 6. The first-order chi connectivity index (χ1) is 14.5. The summed E-state index contributed by atoms with van der Waals surface area (Å²) in [7, 11) is 0. The van der Waals surface area contributed by atoms with Crippen LogP contribution in [0.2, 0.25) is 0 Å². The van der Waals surface area contributed by atoms with Gasteiger partial charge < -0.3 is 4.90 Å². The highest BCUT2D eigenvalue weighted by atomic mass is 19.1. The number of benzene rings is 3. The molecule has 1 aliphatic rings. The monoisotopic (exact) mass is 403 g/mol. The van der Waals surface area contributed by atoms with E-state index in [9.17, 15) is 14.0 Å². The minimum atomic E-state index is -0.334. The molecule has 0 aromatic heterocycles. The van der Waals surface area contributed by atoms with Crippen LogP contribution in [0, 0.1) is 18.7 Å². The summed E-state index contributed by atoms with van der Waals surface area (Å²) in [5.41, 5.74) is 2.51. The van der Waals surface area contributed by atoms with E-state index in [-0.39, 0.29) is 23.3 Å². The number of nitrogens with zero attached hydrogens (tertiary/aromatic N) is 1. The van der Waals surface area contributed by atoms with Crippen molar-refractivity contribution in [3.63, 3.8) is 0 Å². The summed E-state index contributed by atoms with van der Waals surface area (Å²) in [5, 5.41) is 2.18. The van der Waals surface area contributed by atoms with Gasteiger partial charge in [0.2, 0.25) is 0 Å². The lowest BCUT2D eigenvalue weighted by Crippen LogP contribution is -2.37. The van der Waals surface area contributed by atoms with E-state index < -0.39 is 0 Å². The van der Waals surface area contributed by atoms with E-state index in [0.29, 0.717) is 18.5 Å². The van der Waals surface area contributed by atoms with Gasteiger partial charge in [-0.1, -0.05) is 36.4 Å². The van der Waals surface area contributed by atoms with Gasteiger partial charge in [-0.05, 0) is 73.5 Å². The van der Waals surface area contributed by atoms with Gasteiger partial charge in [-0.3, -0.25) is 9.59 Å². The van der Waals surface area contributed by atoms with Crippen LogP contribution in [-0.4, -0.2) is 36.1 Å². The van der Waals surface area contributed by atoms with Crippen molar-refractivity contribution in [3.05, 3.63) is 83.2 Å². The summed E-state index contributed by atoms with van der Waals surface area (Å²) in [6.45, 7) is 4.36. The molecule has 3 aromatic rings. The van der Waals surface area contributed by atoms with Gasteiger partial charge in [-0.25, -0.2) is 4.39 Å². The smallest absolute Gasteiger partial charge is 0.166 e. The Labute approximate surface area is 176 Å². The zero-order valence-electron chi connectivity index (χ0n) is 17.2. The number of Topliss-reactive ketones (excluding diaryl/α,β-unsaturated/α-hetero) is 2. The van der Waals surface area contributed by atoms with E-state index in [1.807, 2.05) is 18.2 Å². The largest absolute Gasteiger partial charge is 0.303 e. The van der Waals surface area contributed by atoms with E-state index >= 15 is 0 Å². The third-order valence-electron chi connectivity index (χ3n) is 6.16. The van der Waals surface area contributed by atoms with Crippen LogP contribution in [0.5, 0.6) is 0 Å². The maximum Gasteiger partial charge on any atom is 0.166 e. The van der Waals surface area contributed by atoms with Crippen LogP contribution >= 0.6 is 0 Å². The average Bonchev–Trinajstić information content (AvgIpc) is 2.77.